The largest absolute Gasteiger partial charge is 0.333 e. The minimum absolute atomic E-state index is 0.0434. The molecule has 0 saturated carbocycles. The molecule has 3 rings (SSSR count). The molecule has 2 aromatic rings. The average molecular weight is 334 g/mol. The normalized spacial score (nSPS) is 15.2. The Morgan fingerprint density at radius 2 is 2.22 bits per heavy atom. The van der Waals surface area contributed by atoms with E-state index in [1.807, 2.05) is 30.3 Å². The first-order valence-corrected chi connectivity index (χ1v) is 9.03. The molecule has 1 aliphatic rings. The van der Waals surface area contributed by atoms with Crippen molar-refractivity contribution < 1.29 is 9.69 Å². The van der Waals surface area contributed by atoms with E-state index in [1.165, 1.54) is 25.9 Å². The molecule has 1 aliphatic heterocycles. The summed E-state index contributed by atoms with van der Waals surface area (Å²) in [6, 6.07) is 1.86. The molecule has 3 heterocycles. The number of rotatable bonds is 6. The lowest BCUT2D eigenvalue weighted by Crippen LogP contribution is -3.10. The van der Waals surface area contributed by atoms with Crippen molar-refractivity contribution in [1.29, 1.82) is 0 Å². The highest BCUT2D eigenvalue weighted by molar-refractivity contribution is 7.09. The van der Waals surface area contributed by atoms with E-state index >= 15 is 0 Å². The molecule has 1 fully saturated rings. The monoisotopic (exact) mass is 334 g/mol. The van der Waals surface area contributed by atoms with Crippen molar-refractivity contribution in [3.8, 4) is 0 Å². The summed E-state index contributed by atoms with van der Waals surface area (Å²) < 4.78 is 1.68. The van der Waals surface area contributed by atoms with E-state index in [-0.39, 0.29) is 5.91 Å². The van der Waals surface area contributed by atoms with Crippen molar-refractivity contribution in [1.82, 2.24) is 19.7 Å². The van der Waals surface area contributed by atoms with Gasteiger partial charge in [-0.25, -0.2) is 4.98 Å². The van der Waals surface area contributed by atoms with E-state index in [9.17, 15) is 4.79 Å². The predicted molar refractivity (Wildman–Crippen MR) is 89.6 cm³/mol. The third-order valence-corrected chi connectivity index (χ3v) is 5.13. The number of aromatic nitrogens is 3. The second-order valence-electron chi connectivity index (χ2n) is 6.15. The van der Waals surface area contributed by atoms with Crippen LogP contribution in [0.3, 0.4) is 0 Å². The number of likely N-dealkylation sites (tertiary alicyclic amines) is 1. The summed E-state index contributed by atoms with van der Waals surface area (Å²) in [7, 11) is 1.83. The van der Waals surface area contributed by atoms with Crippen LogP contribution in [-0.4, -0.2) is 51.8 Å². The van der Waals surface area contributed by atoms with Crippen LogP contribution in [0.2, 0.25) is 0 Å². The maximum absolute atomic E-state index is 12.9. The molecule has 1 N–H and O–H groups in total. The number of aryl methyl sites for hydroxylation is 2. The fraction of sp³-hybridized carbons (Fsp3) is 0.562. The van der Waals surface area contributed by atoms with Gasteiger partial charge in [-0.1, -0.05) is 0 Å². The minimum atomic E-state index is 0.0434. The van der Waals surface area contributed by atoms with Crippen LogP contribution >= 0.6 is 11.3 Å². The fourth-order valence-corrected chi connectivity index (χ4v) is 3.77. The molecular formula is C16H24N5OS+. The van der Waals surface area contributed by atoms with Crippen LogP contribution in [0.5, 0.6) is 0 Å². The zero-order chi connectivity index (χ0) is 16.2. The number of nitrogens with zero attached hydrogens (tertiary/aromatic N) is 4. The number of thiazole rings is 1. The van der Waals surface area contributed by atoms with Crippen LogP contribution < -0.4 is 4.90 Å². The molecule has 2 aromatic heterocycles. The molecule has 0 unspecified atom stereocenters. The standard InChI is InChI=1S/C16H23N5OS/c1-13-11-14(19(2)18-13)16(22)21(12-15-17-5-10-23-15)9-8-20-6-3-4-7-20/h5,10-11H,3-4,6-9,12H2,1-2H3/p+1. The minimum Gasteiger partial charge on any atom is -0.333 e. The van der Waals surface area contributed by atoms with Crippen molar-refractivity contribution in [2.24, 2.45) is 7.05 Å². The zero-order valence-electron chi connectivity index (χ0n) is 13.8. The highest BCUT2D eigenvalue weighted by Gasteiger charge is 2.23. The van der Waals surface area contributed by atoms with Crippen molar-refractivity contribution in [2.45, 2.75) is 26.3 Å². The predicted octanol–water partition coefficient (Wildman–Crippen LogP) is 0.506. The van der Waals surface area contributed by atoms with Crippen molar-refractivity contribution in [3.05, 3.63) is 34.0 Å². The van der Waals surface area contributed by atoms with Gasteiger partial charge in [0.05, 0.1) is 38.4 Å². The Bertz CT molecular complexity index is 645. The van der Waals surface area contributed by atoms with Gasteiger partial charge in [0.1, 0.15) is 10.7 Å². The molecular weight excluding hydrogens is 310 g/mol. The van der Waals surface area contributed by atoms with Gasteiger partial charge in [0.25, 0.3) is 5.91 Å². The number of quaternary nitrogens is 1. The molecule has 0 bridgehead atoms. The van der Waals surface area contributed by atoms with E-state index in [0.717, 1.165) is 23.8 Å². The van der Waals surface area contributed by atoms with E-state index < -0.39 is 0 Å². The van der Waals surface area contributed by atoms with Gasteiger partial charge in [0.2, 0.25) is 0 Å². The Morgan fingerprint density at radius 1 is 1.43 bits per heavy atom. The average Bonchev–Trinajstić information content (AvgIpc) is 3.25. The van der Waals surface area contributed by atoms with Crippen molar-refractivity contribution >= 4 is 17.2 Å². The Kier molecular flexibility index (Phi) is 5.07. The molecule has 0 radical (unpaired) electrons. The number of hydrogen-bond acceptors (Lipinski definition) is 4. The first-order chi connectivity index (χ1) is 11.1. The highest BCUT2D eigenvalue weighted by Crippen LogP contribution is 2.12. The Morgan fingerprint density at radius 3 is 2.83 bits per heavy atom. The smallest absolute Gasteiger partial charge is 0.272 e. The van der Waals surface area contributed by atoms with Crippen LogP contribution in [0.4, 0.5) is 0 Å². The summed E-state index contributed by atoms with van der Waals surface area (Å²) >= 11 is 1.60. The second kappa shape index (κ2) is 7.23. The highest BCUT2D eigenvalue weighted by atomic mass is 32.1. The fourth-order valence-electron chi connectivity index (χ4n) is 3.14. The first kappa shape index (κ1) is 16.1. The van der Waals surface area contributed by atoms with Crippen molar-refractivity contribution in [2.75, 3.05) is 26.2 Å². The molecule has 0 spiro atoms. The lowest BCUT2D eigenvalue weighted by molar-refractivity contribution is -0.886. The second-order valence-corrected chi connectivity index (χ2v) is 7.13. The van der Waals surface area contributed by atoms with E-state index in [2.05, 4.69) is 10.1 Å². The van der Waals surface area contributed by atoms with Crippen molar-refractivity contribution in [3.63, 3.8) is 0 Å². The summed E-state index contributed by atoms with van der Waals surface area (Å²) in [5.74, 6) is 0.0434. The Balaban J connectivity index is 1.72. The first-order valence-electron chi connectivity index (χ1n) is 8.15. The molecule has 7 heteroatoms. The van der Waals surface area contributed by atoms with Crippen LogP contribution in [0.1, 0.15) is 34.0 Å². The maximum Gasteiger partial charge on any atom is 0.272 e. The summed E-state index contributed by atoms with van der Waals surface area (Å²) in [4.78, 5) is 20.8. The number of nitrogens with one attached hydrogen (secondary N) is 1. The SMILES string of the molecule is Cc1cc(C(=O)N(CC[NH+]2CCCC2)Cc2nccs2)n(C)n1. The van der Waals surface area contributed by atoms with Gasteiger partial charge >= 0.3 is 0 Å². The van der Waals surface area contributed by atoms with Crippen LogP contribution in [0.25, 0.3) is 0 Å². The molecule has 0 aromatic carbocycles. The molecule has 6 nitrogen and oxygen atoms in total. The lowest BCUT2D eigenvalue weighted by Gasteiger charge is -2.23. The molecule has 23 heavy (non-hydrogen) atoms. The Labute approximate surface area is 140 Å². The van der Waals surface area contributed by atoms with E-state index in [0.29, 0.717) is 12.2 Å². The number of carbonyl (C=O) groups is 1. The van der Waals surface area contributed by atoms with Gasteiger partial charge in [-0.2, -0.15) is 5.10 Å². The summed E-state index contributed by atoms with van der Waals surface area (Å²) in [5.41, 5.74) is 1.52. The van der Waals surface area contributed by atoms with Crippen LogP contribution in [-0.2, 0) is 13.6 Å². The number of hydrogen-bond donors (Lipinski definition) is 1. The van der Waals surface area contributed by atoms with Crippen LogP contribution in [0.15, 0.2) is 17.6 Å². The molecule has 1 saturated heterocycles. The van der Waals surface area contributed by atoms with Gasteiger partial charge < -0.3 is 9.80 Å². The number of amides is 1. The zero-order valence-corrected chi connectivity index (χ0v) is 14.6. The molecule has 1 amide bonds. The van der Waals surface area contributed by atoms with E-state index in [4.69, 9.17) is 0 Å². The third kappa shape index (κ3) is 3.97. The van der Waals surface area contributed by atoms with Gasteiger partial charge in [-0.05, 0) is 13.0 Å². The van der Waals surface area contributed by atoms with Gasteiger partial charge in [0, 0.05) is 31.5 Å². The van der Waals surface area contributed by atoms with E-state index in [1.54, 1.807) is 27.1 Å². The molecule has 0 aliphatic carbocycles. The quantitative estimate of drug-likeness (QED) is 0.837. The topological polar surface area (TPSA) is 55.5 Å². The summed E-state index contributed by atoms with van der Waals surface area (Å²) in [6.07, 6.45) is 4.40. The molecule has 124 valence electrons. The third-order valence-electron chi connectivity index (χ3n) is 4.36. The lowest BCUT2D eigenvalue weighted by atomic mass is 10.3. The van der Waals surface area contributed by atoms with Gasteiger partial charge in [-0.15, -0.1) is 11.3 Å². The Hall–Kier alpha value is -1.73. The molecule has 0 atom stereocenters. The number of carbonyl (C=O) groups excluding carboxylic acids is 1. The van der Waals surface area contributed by atoms with Gasteiger partial charge in [0.15, 0.2) is 0 Å². The van der Waals surface area contributed by atoms with Gasteiger partial charge in [-0.3, -0.25) is 9.48 Å². The summed E-state index contributed by atoms with van der Waals surface area (Å²) in [6.45, 7) is 6.71. The maximum atomic E-state index is 12.9. The van der Waals surface area contributed by atoms with Crippen LogP contribution in [0, 0.1) is 6.92 Å². The summed E-state index contributed by atoms with van der Waals surface area (Å²) in [5, 5.41) is 7.24.